The number of carbonyl (C=O) groups excluding carboxylic acids is 2. The molecule has 0 bridgehead atoms. The highest BCUT2D eigenvalue weighted by molar-refractivity contribution is 5.84. The van der Waals surface area contributed by atoms with E-state index in [9.17, 15) is 27.2 Å². The molecule has 0 spiro atoms. The third-order valence-electron chi connectivity index (χ3n) is 5.10. The van der Waals surface area contributed by atoms with Crippen molar-refractivity contribution in [1.29, 1.82) is 0 Å². The summed E-state index contributed by atoms with van der Waals surface area (Å²) in [5, 5.41) is 0. The van der Waals surface area contributed by atoms with Crippen LogP contribution in [0.15, 0.2) is 0 Å². The van der Waals surface area contributed by atoms with Crippen LogP contribution in [0.3, 0.4) is 0 Å². The Balaban J connectivity index is 1.73. The van der Waals surface area contributed by atoms with E-state index < -0.39 is 47.3 Å². The maximum absolute atomic E-state index is 13.2. The fourth-order valence-corrected chi connectivity index (χ4v) is 2.96. The normalized spacial score (nSPS) is 33.0. The molecule has 0 heterocycles. The van der Waals surface area contributed by atoms with Crippen LogP contribution in [-0.4, -0.2) is 60.6 Å². The van der Waals surface area contributed by atoms with Gasteiger partial charge >= 0.3 is 0 Å². The minimum absolute atomic E-state index is 0.201. The number of halogens is 4. The van der Waals surface area contributed by atoms with E-state index in [2.05, 4.69) is 0 Å². The van der Waals surface area contributed by atoms with Crippen molar-refractivity contribution in [2.45, 2.75) is 32.1 Å². The van der Waals surface area contributed by atoms with Crippen LogP contribution in [0, 0.1) is 23.7 Å². The van der Waals surface area contributed by atoms with Gasteiger partial charge in [0.05, 0.1) is 0 Å². The van der Waals surface area contributed by atoms with Crippen molar-refractivity contribution >= 4 is 11.8 Å². The number of carbonyl (C=O) groups is 2. The third kappa shape index (κ3) is 3.04. The molecule has 8 heteroatoms. The van der Waals surface area contributed by atoms with E-state index in [4.69, 9.17) is 0 Å². The molecule has 0 aromatic carbocycles. The molecule has 2 aliphatic carbocycles. The SMILES string of the molecule is C[C@@H]1[C@H](C(=O)N(C)CCCN(C)C(=O)[C@@H]2[C@H](C)C2(F)F)C1(F)F. The summed E-state index contributed by atoms with van der Waals surface area (Å²) in [6, 6.07) is 0. The topological polar surface area (TPSA) is 40.6 Å². The molecule has 0 unspecified atom stereocenters. The second-order valence-electron chi connectivity index (χ2n) is 6.75. The van der Waals surface area contributed by atoms with E-state index in [-0.39, 0.29) is 13.1 Å². The van der Waals surface area contributed by atoms with Crippen molar-refractivity contribution in [2.24, 2.45) is 23.7 Å². The van der Waals surface area contributed by atoms with Crippen LogP contribution in [0.5, 0.6) is 0 Å². The first kappa shape index (κ1) is 18.0. The van der Waals surface area contributed by atoms with Crippen molar-refractivity contribution < 1.29 is 27.2 Å². The van der Waals surface area contributed by atoms with Gasteiger partial charge in [0.1, 0.15) is 11.8 Å². The number of rotatable bonds is 6. The first-order valence-electron chi connectivity index (χ1n) is 7.69. The molecule has 4 atom stereocenters. The van der Waals surface area contributed by atoms with Crippen LogP contribution in [0.25, 0.3) is 0 Å². The first-order valence-corrected chi connectivity index (χ1v) is 7.69. The van der Waals surface area contributed by atoms with E-state index in [0.29, 0.717) is 6.42 Å². The molecule has 4 nitrogen and oxygen atoms in total. The molecule has 0 saturated heterocycles. The second kappa shape index (κ2) is 5.63. The van der Waals surface area contributed by atoms with Gasteiger partial charge in [0.2, 0.25) is 11.8 Å². The lowest BCUT2D eigenvalue weighted by Crippen LogP contribution is -2.35. The Morgan fingerprint density at radius 3 is 1.30 bits per heavy atom. The fourth-order valence-electron chi connectivity index (χ4n) is 2.96. The van der Waals surface area contributed by atoms with Crippen LogP contribution in [-0.2, 0) is 9.59 Å². The monoisotopic (exact) mass is 338 g/mol. The standard InChI is InChI=1S/C15H22F4N2O2/c1-8-10(14(8,16)17)12(22)20(3)6-5-7-21(4)13(23)11-9(2)15(11,18)19/h8-11H,5-7H2,1-4H3/t8-,9+,10-,11+. The first-order chi connectivity index (χ1) is 10.4. The van der Waals surface area contributed by atoms with Gasteiger partial charge in [0.25, 0.3) is 11.8 Å². The van der Waals surface area contributed by atoms with Gasteiger partial charge in [-0.25, -0.2) is 17.6 Å². The number of hydrogen-bond acceptors (Lipinski definition) is 2. The van der Waals surface area contributed by atoms with E-state index >= 15 is 0 Å². The highest BCUT2D eigenvalue weighted by atomic mass is 19.3. The average Bonchev–Trinajstić information content (AvgIpc) is 3.16. The molecular formula is C15H22F4N2O2. The van der Waals surface area contributed by atoms with Gasteiger partial charge in [0.15, 0.2) is 0 Å². The number of hydrogen-bond donors (Lipinski definition) is 0. The van der Waals surface area contributed by atoms with Crippen molar-refractivity contribution in [2.75, 3.05) is 27.2 Å². The summed E-state index contributed by atoms with van der Waals surface area (Å²) in [6.07, 6.45) is 0.351. The molecule has 0 aromatic rings. The highest BCUT2D eigenvalue weighted by Crippen LogP contribution is 2.56. The highest BCUT2D eigenvalue weighted by Gasteiger charge is 2.70. The van der Waals surface area contributed by atoms with Crippen LogP contribution in [0.4, 0.5) is 17.6 Å². The predicted molar refractivity (Wildman–Crippen MR) is 75.1 cm³/mol. The third-order valence-corrected chi connectivity index (χ3v) is 5.10. The van der Waals surface area contributed by atoms with Gasteiger partial charge in [-0.3, -0.25) is 9.59 Å². The molecule has 2 saturated carbocycles. The number of alkyl halides is 4. The average molecular weight is 338 g/mol. The van der Waals surface area contributed by atoms with E-state index in [1.807, 2.05) is 0 Å². The van der Waals surface area contributed by atoms with E-state index in [1.165, 1.54) is 37.7 Å². The minimum atomic E-state index is -2.94. The molecule has 2 amide bonds. The van der Waals surface area contributed by atoms with Crippen LogP contribution >= 0.6 is 0 Å². The fraction of sp³-hybridized carbons (Fsp3) is 0.867. The van der Waals surface area contributed by atoms with Crippen molar-refractivity contribution in [3.63, 3.8) is 0 Å². The molecule has 23 heavy (non-hydrogen) atoms. The molecule has 2 rings (SSSR count). The molecular weight excluding hydrogens is 316 g/mol. The van der Waals surface area contributed by atoms with Crippen LogP contribution in [0.2, 0.25) is 0 Å². The van der Waals surface area contributed by atoms with Crippen molar-refractivity contribution in [3.8, 4) is 0 Å². The summed E-state index contributed by atoms with van der Waals surface area (Å²) < 4.78 is 52.8. The van der Waals surface area contributed by atoms with Gasteiger partial charge in [-0.1, -0.05) is 13.8 Å². The zero-order chi connectivity index (χ0) is 17.7. The zero-order valence-corrected chi connectivity index (χ0v) is 13.7. The summed E-state index contributed by atoms with van der Waals surface area (Å²) in [5.74, 6) is -11.5. The quantitative estimate of drug-likeness (QED) is 0.696. The predicted octanol–water partition coefficient (Wildman–Crippen LogP) is 2.10. The maximum atomic E-state index is 13.2. The summed E-state index contributed by atoms with van der Waals surface area (Å²) in [7, 11) is 2.87. The summed E-state index contributed by atoms with van der Waals surface area (Å²) in [5.41, 5.74) is 0. The molecule has 132 valence electrons. The molecule has 0 N–H and O–H groups in total. The van der Waals surface area contributed by atoms with Crippen LogP contribution < -0.4 is 0 Å². The molecule has 2 aliphatic rings. The Labute approximate surface area is 132 Å². The van der Waals surface area contributed by atoms with E-state index in [0.717, 1.165) is 0 Å². The Hall–Kier alpha value is -1.34. The smallest absolute Gasteiger partial charge is 0.263 e. The molecule has 2 fully saturated rings. The number of amides is 2. The lowest BCUT2D eigenvalue weighted by molar-refractivity contribution is -0.134. The van der Waals surface area contributed by atoms with Gasteiger partial charge in [-0.2, -0.15) is 0 Å². The maximum Gasteiger partial charge on any atom is 0.263 e. The number of nitrogens with zero attached hydrogens (tertiary/aromatic N) is 2. The Morgan fingerprint density at radius 1 is 0.826 bits per heavy atom. The summed E-state index contributed by atoms with van der Waals surface area (Å²) in [4.78, 5) is 26.1. The van der Waals surface area contributed by atoms with Gasteiger partial charge in [-0.05, 0) is 6.42 Å². The Bertz CT molecular complexity index is 468. The lowest BCUT2D eigenvalue weighted by atomic mass is 10.2. The summed E-state index contributed by atoms with van der Waals surface area (Å²) >= 11 is 0. The van der Waals surface area contributed by atoms with Gasteiger partial charge in [-0.15, -0.1) is 0 Å². The second-order valence-corrected chi connectivity index (χ2v) is 6.75. The largest absolute Gasteiger partial charge is 0.345 e. The molecule has 0 aliphatic heterocycles. The van der Waals surface area contributed by atoms with E-state index in [1.54, 1.807) is 0 Å². The lowest BCUT2D eigenvalue weighted by Gasteiger charge is -2.21. The Kier molecular flexibility index (Phi) is 4.41. The molecule has 0 radical (unpaired) electrons. The molecule has 0 aromatic heterocycles. The summed E-state index contributed by atoms with van der Waals surface area (Å²) in [6.45, 7) is 3.07. The van der Waals surface area contributed by atoms with Crippen molar-refractivity contribution in [3.05, 3.63) is 0 Å². The zero-order valence-electron chi connectivity index (χ0n) is 13.7. The minimum Gasteiger partial charge on any atom is -0.345 e. The van der Waals surface area contributed by atoms with Gasteiger partial charge < -0.3 is 9.80 Å². The van der Waals surface area contributed by atoms with Crippen LogP contribution in [0.1, 0.15) is 20.3 Å². The van der Waals surface area contributed by atoms with Gasteiger partial charge in [0, 0.05) is 39.0 Å². The Morgan fingerprint density at radius 2 is 1.09 bits per heavy atom. The van der Waals surface area contributed by atoms with Crippen molar-refractivity contribution in [1.82, 2.24) is 9.80 Å².